The number of hydrogen-bond donors (Lipinski definition) is 2. The van der Waals surface area contributed by atoms with Crippen LogP contribution in [0.3, 0.4) is 0 Å². The van der Waals surface area contributed by atoms with Crippen molar-refractivity contribution in [1.29, 1.82) is 0 Å². The maximum Gasteiger partial charge on any atom is 0.277 e. The number of rotatable bonds is 7. The summed E-state index contributed by atoms with van der Waals surface area (Å²) < 4.78 is 25.9. The molecule has 116 valence electrons. The Morgan fingerprint density at radius 2 is 2.25 bits per heavy atom. The fraction of sp³-hybridized carbons (Fsp3) is 0.846. The third-order valence-electron chi connectivity index (χ3n) is 3.59. The molecule has 5 nitrogen and oxygen atoms in total. The molecule has 20 heavy (non-hydrogen) atoms. The second-order valence-corrected chi connectivity index (χ2v) is 5.36. The van der Waals surface area contributed by atoms with Gasteiger partial charge >= 0.3 is 0 Å². The lowest BCUT2D eigenvalue weighted by atomic mass is 10.1. The van der Waals surface area contributed by atoms with Gasteiger partial charge in [-0.2, -0.15) is 0 Å². The largest absolute Gasteiger partial charge is 0.350 e. The highest BCUT2D eigenvalue weighted by molar-refractivity contribution is 5.89. The van der Waals surface area contributed by atoms with Crippen molar-refractivity contribution in [2.24, 2.45) is 11.7 Å². The summed E-state index contributed by atoms with van der Waals surface area (Å²) in [5.41, 5.74) is 4.90. The fourth-order valence-electron chi connectivity index (χ4n) is 2.34. The van der Waals surface area contributed by atoms with Crippen molar-refractivity contribution >= 4 is 11.8 Å². The van der Waals surface area contributed by atoms with Gasteiger partial charge in [0.15, 0.2) is 0 Å². The molecule has 0 bridgehead atoms. The van der Waals surface area contributed by atoms with E-state index in [0.29, 0.717) is 6.54 Å². The summed E-state index contributed by atoms with van der Waals surface area (Å²) >= 11 is 0. The van der Waals surface area contributed by atoms with Crippen molar-refractivity contribution in [3.8, 4) is 0 Å². The Bertz CT molecular complexity index is 364. The summed E-state index contributed by atoms with van der Waals surface area (Å²) in [5.74, 6) is -4.24. The van der Waals surface area contributed by atoms with E-state index in [2.05, 4.69) is 5.32 Å². The molecule has 1 heterocycles. The van der Waals surface area contributed by atoms with Gasteiger partial charge in [0, 0.05) is 19.0 Å². The van der Waals surface area contributed by atoms with Gasteiger partial charge in [-0.25, -0.2) is 8.78 Å². The number of nitrogens with zero attached hydrogens (tertiary/aromatic N) is 1. The van der Waals surface area contributed by atoms with Crippen LogP contribution >= 0.6 is 0 Å². The Labute approximate surface area is 117 Å². The molecular formula is C13H23F2N3O2. The molecule has 1 saturated heterocycles. The van der Waals surface area contributed by atoms with Gasteiger partial charge in [0.25, 0.3) is 5.92 Å². The molecule has 0 spiro atoms. The first-order chi connectivity index (χ1) is 9.30. The van der Waals surface area contributed by atoms with Gasteiger partial charge in [-0.1, -0.05) is 13.3 Å². The average molecular weight is 291 g/mol. The first-order valence-electron chi connectivity index (χ1n) is 6.95. The van der Waals surface area contributed by atoms with E-state index in [-0.39, 0.29) is 18.4 Å². The van der Waals surface area contributed by atoms with E-state index in [1.165, 1.54) is 0 Å². The zero-order valence-electron chi connectivity index (χ0n) is 12.0. The van der Waals surface area contributed by atoms with Gasteiger partial charge in [0.2, 0.25) is 11.8 Å². The van der Waals surface area contributed by atoms with Crippen LogP contribution in [0.25, 0.3) is 0 Å². The van der Waals surface area contributed by atoms with Gasteiger partial charge in [-0.3, -0.25) is 9.59 Å². The Balaban J connectivity index is 2.50. The molecule has 3 N–H and O–H groups in total. The van der Waals surface area contributed by atoms with Crippen LogP contribution in [-0.2, 0) is 9.59 Å². The van der Waals surface area contributed by atoms with Crippen LogP contribution in [0.4, 0.5) is 8.78 Å². The molecule has 1 aliphatic rings. The molecule has 0 aromatic rings. The van der Waals surface area contributed by atoms with Gasteiger partial charge in [-0.05, 0) is 13.3 Å². The second kappa shape index (κ2) is 6.97. The highest BCUT2D eigenvalue weighted by atomic mass is 19.3. The molecule has 0 aromatic heterocycles. The SMILES string of the molecule is CCCC(C)N1CC(C(=O)NCC(F)(F)CN)CC1=O. The minimum atomic E-state index is -3.10. The number of amides is 2. The third kappa shape index (κ3) is 4.40. The fourth-order valence-corrected chi connectivity index (χ4v) is 2.34. The number of carbonyl (C=O) groups is 2. The molecule has 0 radical (unpaired) electrons. The molecule has 2 unspecified atom stereocenters. The number of halogens is 2. The maximum absolute atomic E-state index is 13.0. The lowest BCUT2D eigenvalue weighted by Gasteiger charge is -2.24. The molecule has 0 saturated carbocycles. The lowest BCUT2D eigenvalue weighted by molar-refractivity contribution is -0.130. The van der Waals surface area contributed by atoms with E-state index in [1.54, 1.807) is 4.90 Å². The van der Waals surface area contributed by atoms with Crippen molar-refractivity contribution in [3.05, 3.63) is 0 Å². The topological polar surface area (TPSA) is 75.4 Å². The molecule has 1 aliphatic heterocycles. The molecule has 7 heteroatoms. The smallest absolute Gasteiger partial charge is 0.277 e. The van der Waals surface area contributed by atoms with Crippen molar-refractivity contribution in [1.82, 2.24) is 10.2 Å². The molecule has 2 atom stereocenters. The van der Waals surface area contributed by atoms with E-state index in [1.807, 2.05) is 13.8 Å². The van der Waals surface area contributed by atoms with Gasteiger partial charge in [-0.15, -0.1) is 0 Å². The summed E-state index contributed by atoms with van der Waals surface area (Å²) in [5, 5.41) is 2.18. The van der Waals surface area contributed by atoms with Crippen molar-refractivity contribution < 1.29 is 18.4 Å². The molecule has 2 amide bonds. The molecular weight excluding hydrogens is 268 g/mol. The van der Waals surface area contributed by atoms with E-state index >= 15 is 0 Å². The second-order valence-electron chi connectivity index (χ2n) is 5.36. The Morgan fingerprint density at radius 1 is 1.60 bits per heavy atom. The van der Waals surface area contributed by atoms with Crippen LogP contribution in [-0.4, -0.2) is 48.3 Å². The highest BCUT2D eigenvalue weighted by Crippen LogP contribution is 2.22. The van der Waals surface area contributed by atoms with Crippen molar-refractivity contribution in [3.63, 3.8) is 0 Å². The number of likely N-dealkylation sites (tertiary alicyclic amines) is 1. The summed E-state index contributed by atoms with van der Waals surface area (Å²) in [6, 6.07) is 0.0794. The predicted octanol–water partition coefficient (Wildman–Crippen LogP) is 0.734. The van der Waals surface area contributed by atoms with Crippen LogP contribution in [0.5, 0.6) is 0 Å². The lowest BCUT2D eigenvalue weighted by Crippen LogP contribution is -2.44. The van der Waals surface area contributed by atoms with E-state index in [9.17, 15) is 18.4 Å². The predicted molar refractivity (Wildman–Crippen MR) is 71.2 cm³/mol. The normalized spacial score (nSPS) is 21.1. The number of hydrogen-bond acceptors (Lipinski definition) is 3. The number of nitrogens with one attached hydrogen (secondary N) is 1. The van der Waals surface area contributed by atoms with Crippen LogP contribution in [0.1, 0.15) is 33.1 Å². The first kappa shape index (κ1) is 16.8. The highest BCUT2D eigenvalue weighted by Gasteiger charge is 2.37. The third-order valence-corrected chi connectivity index (χ3v) is 3.59. The monoisotopic (exact) mass is 291 g/mol. The summed E-state index contributed by atoms with van der Waals surface area (Å²) in [4.78, 5) is 25.3. The Hall–Kier alpha value is -1.24. The molecule has 1 fully saturated rings. The Kier molecular flexibility index (Phi) is 5.86. The van der Waals surface area contributed by atoms with Crippen molar-refractivity contribution in [2.75, 3.05) is 19.6 Å². The summed E-state index contributed by atoms with van der Waals surface area (Å²) in [6.45, 7) is 2.68. The van der Waals surface area contributed by atoms with E-state index in [4.69, 9.17) is 5.73 Å². The maximum atomic E-state index is 13.0. The van der Waals surface area contributed by atoms with Crippen LogP contribution < -0.4 is 11.1 Å². The first-order valence-corrected chi connectivity index (χ1v) is 6.95. The van der Waals surface area contributed by atoms with Crippen LogP contribution in [0.15, 0.2) is 0 Å². The van der Waals surface area contributed by atoms with Crippen molar-refractivity contribution in [2.45, 2.75) is 45.1 Å². The number of carbonyl (C=O) groups excluding carboxylic acids is 2. The Morgan fingerprint density at radius 3 is 2.80 bits per heavy atom. The molecule has 1 rings (SSSR count). The zero-order valence-corrected chi connectivity index (χ0v) is 12.0. The minimum absolute atomic E-state index is 0.0794. The van der Waals surface area contributed by atoms with Gasteiger partial charge in [0.1, 0.15) is 0 Å². The quantitative estimate of drug-likeness (QED) is 0.726. The zero-order chi connectivity index (χ0) is 15.3. The average Bonchev–Trinajstić information content (AvgIpc) is 2.78. The van der Waals surface area contributed by atoms with Crippen LogP contribution in [0.2, 0.25) is 0 Å². The van der Waals surface area contributed by atoms with E-state index in [0.717, 1.165) is 12.8 Å². The van der Waals surface area contributed by atoms with Crippen LogP contribution in [0, 0.1) is 5.92 Å². The minimum Gasteiger partial charge on any atom is -0.350 e. The number of alkyl halides is 2. The molecule has 0 aromatic carbocycles. The summed E-state index contributed by atoms with van der Waals surface area (Å²) in [6.07, 6.45) is 1.91. The van der Waals surface area contributed by atoms with E-state index < -0.39 is 30.8 Å². The molecule has 0 aliphatic carbocycles. The van der Waals surface area contributed by atoms with Gasteiger partial charge < -0.3 is 16.0 Å². The van der Waals surface area contributed by atoms with Gasteiger partial charge in [0.05, 0.1) is 19.0 Å². The number of nitrogens with two attached hydrogens (primary N) is 1. The summed E-state index contributed by atoms with van der Waals surface area (Å²) in [7, 11) is 0. The standard InChI is InChI=1S/C13H23F2N3O2/c1-3-4-9(2)18-6-10(5-11(18)19)12(20)17-8-13(14,15)7-16/h9-10H,3-8,16H2,1-2H3,(H,17,20).